The maximum absolute atomic E-state index is 13.5. The van der Waals surface area contributed by atoms with Gasteiger partial charge in [-0.3, -0.25) is 33.6 Å². The van der Waals surface area contributed by atoms with Crippen LogP contribution in [0.4, 0.5) is 0 Å². The lowest BCUT2D eigenvalue weighted by molar-refractivity contribution is -0.144. The van der Waals surface area contributed by atoms with Crippen LogP contribution >= 0.6 is 0 Å². The summed E-state index contributed by atoms with van der Waals surface area (Å²) in [5.41, 5.74) is 5.69. The predicted octanol–water partition coefficient (Wildman–Crippen LogP) is -2.05. The molecular weight excluding hydrogens is 680 g/mol. The number of rotatable bonds is 18. The van der Waals surface area contributed by atoms with Crippen LogP contribution in [-0.2, 0) is 38.4 Å². The number of hydrogen-bond donors (Lipinski definition) is 8. The van der Waals surface area contributed by atoms with E-state index in [0.717, 1.165) is 0 Å². The van der Waals surface area contributed by atoms with E-state index < -0.39 is 108 Å². The summed E-state index contributed by atoms with van der Waals surface area (Å²) in [6.07, 6.45) is 1.10. The SMILES string of the molecule is CC[C@H](C)[C@H](NC(=O)[C@@H](NC(=O)CNC(=O)[C@@H]1CCCN1C(=O)[C@H](C)NC(=O)[C@@H]1CCCN1C(=O)[C@H](CC(C)C)NC(=O)[C@H](C)N)[C@@H](C)O)C(=O)O. The van der Waals surface area contributed by atoms with Crippen LogP contribution in [0.25, 0.3) is 0 Å². The normalized spacial score (nSPS) is 21.2. The summed E-state index contributed by atoms with van der Waals surface area (Å²) in [6.45, 7) is 11.4. The summed E-state index contributed by atoms with van der Waals surface area (Å²) in [4.78, 5) is 106. The third kappa shape index (κ3) is 12.1. The van der Waals surface area contributed by atoms with Gasteiger partial charge in [0, 0.05) is 13.1 Å². The van der Waals surface area contributed by atoms with Gasteiger partial charge in [0.15, 0.2) is 0 Å². The molecule has 0 aromatic carbocycles. The Bertz CT molecular complexity index is 1320. The van der Waals surface area contributed by atoms with Gasteiger partial charge in [-0.15, -0.1) is 0 Å². The van der Waals surface area contributed by atoms with E-state index in [0.29, 0.717) is 45.1 Å². The average molecular weight is 739 g/mol. The maximum atomic E-state index is 13.5. The van der Waals surface area contributed by atoms with E-state index in [1.165, 1.54) is 30.6 Å². The molecule has 0 aliphatic carbocycles. The number of carbonyl (C=O) groups excluding carboxylic acids is 7. The molecule has 2 heterocycles. The van der Waals surface area contributed by atoms with E-state index in [4.69, 9.17) is 5.73 Å². The van der Waals surface area contributed by atoms with Crippen LogP contribution in [0.2, 0.25) is 0 Å². The van der Waals surface area contributed by atoms with Crippen molar-refractivity contribution in [3.63, 3.8) is 0 Å². The molecule has 0 saturated carbocycles. The molecule has 9 N–H and O–H groups in total. The number of likely N-dealkylation sites (tertiary alicyclic amines) is 2. The molecule has 2 rings (SSSR count). The van der Waals surface area contributed by atoms with E-state index in [1.807, 2.05) is 13.8 Å². The van der Waals surface area contributed by atoms with Crippen molar-refractivity contribution < 1.29 is 48.6 Å². The summed E-state index contributed by atoms with van der Waals surface area (Å²) in [5.74, 6) is -5.96. The molecule has 0 aromatic rings. The Morgan fingerprint density at radius 1 is 0.750 bits per heavy atom. The molecule has 2 aliphatic heterocycles. The Kier molecular flexibility index (Phi) is 16.9. The Balaban J connectivity index is 2.01. The third-order valence-corrected chi connectivity index (χ3v) is 9.42. The number of aliphatic carboxylic acids is 1. The van der Waals surface area contributed by atoms with Gasteiger partial charge in [-0.25, -0.2) is 4.79 Å². The van der Waals surface area contributed by atoms with Crippen molar-refractivity contribution in [2.45, 2.75) is 135 Å². The number of nitrogens with two attached hydrogens (primary N) is 1. The number of nitrogens with one attached hydrogen (secondary N) is 5. The first-order valence-electron chi connectivity index (χ1n) is 18.1. The Hall–Kier alpha value is -4.32. The van der Waals surface area contributed by atoms with Crippen LogP contribution in [0.3, 0.4) is 0 Å². The molecule has 7 amide bonds. The predicted molar refractivity (Wildman–Crippen MR) is 188 cm³/mol. The minimum absolute atomic E-state index is 0.0652. The van der Waals surface area contributed by atoms with Crippen molar-refractivity contribution in [1.29, 1.82) is 0 Å². The maximum Gasteiger partial charge on any atom is 0.326 e. The first-order valence-corrected chi connectivity index (χ1v) is 18.1. The van der Waals surface area contributed by atoms with E-state index >= 15 is 0 Å². The van der Waals surface area contributed by atoms with Crippen molar-refractivity contribution in [2.75, 3.05) is 19.6 Å². The number of carboxylic acids is 1. The van der Waals surface area contributed by atoms with E-state index in [2.05, 4.69) is 26.6 Å². The Morgan fingerprint density at radius 3 is 1.81 bits per heavy atom. The molecule has 18 nitrogen and oxygen atoms in total. The fourth-order valence-corrected chi connectivity index (χ4v) is 6.26. The summed E-state index contributed by atoms with van der Waals surface area (Å²) < 4.78 is 0. The lowest BCUT2D eigenvalue weighted by Gasteiger charge is -2.31. The highest BCUT2D eigenvalue weighted by molar-refractivity contribution is 5.97. The van der Waals surface area contributed by atoms with E-state index in [9.17, 15) is 48.6 Å². The average Bonchev–Trinajstić information content (AvgIpc) is 3.77. The molecule has 52 heavy (non-hydrogen) atoms. The third-order valence-electron chi connectivity index (χ3n) is 9.42. The van der Waals surface area contributed by atoms with Crippen LogP contribution in [0.15, 0.2) is 0 Å². The second kappa shape index (κ2) is 20.1. The number of aliphatic hydroxyl groups is 1. The molecule has 294 valence electrons. The highest BCUT2D eigenvalue weighted by atomic mass is 16.4. The van der Waals surface area contributed by atoms with Crippen molar-refractivity contribution in [2.24, 2.45) is 17.6 Å². The van der Waals surface area contributed by atoms with Gasteiger partial charge in [0.25, 0.3) is 0 Å². The highest BCUT2D eigenvalue weighted by Gasteiger charge is 2.41. The smallest absolute Gasteiger partial charge is 0.326 e. The minimum atomic E-state index is -1.50. The van der Waals surface area contributed by atoms with E-state index in [1.54, 1.807) is 13.8 Å². The molecular formula is C34H58N8O10. The molecule has 0 spiro atoms. The van der Waals surface area contributed by atoms with Gasteiger partial charge in [-0.1, -0.05) is 34.1 Å². The van der Waals surface area contributed by atoms with Crippen molar-refractivity contribution >= 4 is 47.3 Å². The van der Waals surface area contributed by atoms with Crippen LogP contribution in [0.1, 0.15) is 87.0 Å². The monoisotopic (exact) mass is 738 g/mol. The molecule has 2 aliphatic rings. The number of carbonyl (C=O) groups is 8. The Morgan fingerprint density at radius 2 is 1.31 bits per heavy atom. The number of hydrogen-bond acceptors (Lipinski definition) is 10. The summed E-state index contributed by atoms with van der Waals surface area (Å²) >= 11 is 0. The topological polar surface area (TPSA) is 270 Å². The largest absolute Gasteiger partial charge is 0.480 e. The number of amides is 7. The summed E-state index contributed by atoms with van der Waals surface area (Å²) in [5, 5.41) is 32.1. The standard InChI is InChI=1S/C34H58N8O10/c1-8-18(4)26(34(51)52)40-31(48)27(21(7)43)39-25(44)16-36-29(46)23-11-9-13-41(23)32(49)20(6)37-30(47)24-12-10-14-42(24)33(50)22(15-17(2)3)38-28(45)19(5)35/h17-24,26-27,43H,8-16,35H2,1-7H3,(H,36,46)(H,37,47)(H,38,45)(H,39,44)(H,40,48)(H,51,52)/t18-,19-,20-,21+,22-,23-,24-,26-,27-/m0/s1. The van der Waals surface area contributed by atoms with Gasteiger partial charge in [0.1, 0.15) is 36.3 Å². The van der Waals surface area contributed by atoms with Crippen LogP contribution in [-0.4, -0.2) is 135 Å². The second-order valence-corrected chi connectivity index (χ2v) is 14.3. The second-order valence-electron chi connectivity index (χ2n) is 14.3. The fourth-order valence-electron chi connectivity index (χ4n) is 6.26. The number of carboxylic acid groups (broad SMARTS) is 1. The van der Waals surface area contributed by atoms with Gasteiger partial charge in [0.05, 0.1) is 18.7 Å². The van der Waals surface area contributed by atoms with Crippen LogP contribution < -0.4 is 32.3 Å². The zero-order valence-corrected chi connectivity index (χ0v) is 31.3. The van der Waals surface area contributed by atoms with Gasteiger partial charge in [-0.2, -0.15) is 0 Å². The van der Waals surface area contributed by atoms with Gasteiger partial charge in [0.2, 0.25) is 41.4 Å². The van der Waals surface area contributed by atoms with Crippen molar-refractivity contribution in [3.8, 4) is 0 Å². The zero-order chi connectivity index (χ0) is 39.4. The van der Waals surface area contributed by atoms with E-state index in [-0.39, 0.29) is 12.5 Å². The molecule has 2 saturated heterocycles. The molecule has 0 radical (unpaired) electrons. The van der Waals surface area contributed by atoms with Crippen LogP contribution in [0.5, 0.6) is 0 Å². The highest BCUT2D eigenvalue weighted by Crippen LogP contribution is 2.22. The van der Waals surface area contributed by atoms with Crippen LogP contribution in [0, 0.1) is 11.8 Å². The lowest BCUT2D eigenvalue weighted by Crippen LogP contribution is -2.59. The van der Waals surface area contributed by atoms with Crippen molar-refractivity contribution in [1.82, 2.24) is 36.4 Å². The molecule has 9 atom stereocenters. The Labute approximate surface area is 304 Å². The quantitative estimate of drug-likeness (QED) is 0.0758. The number of nitrogens with zero attached hydrogens (tertiary/aromatic N) is 2. The lowest BCUT2D eigenvalue weighted by atomic mass is 9.98. The van der Waals surface area contributed by atoms with Gasteiger partial charge >= 0.3 is 5.97 Å². The summed E-state index contributed by atoms with van der Waals surface area (Å²) in [7, 11) is 0. The zero-order valence-electron chi connectivity index (χ0n) is 31.3. The number of aliphatic hydroxyl groups excluding tert-OH is 1. The first-order chi connectivity index (χ1) is 24.3. The first kappa shape index (κ1) is 43.8. The van der Waals surface area contributed by atoms with Crippen molar-refractivity contribution in [3.05, 3.63) is 0 Å². The van der Waals surface area contributed by atoms with Gasteiger partial charge in [-0.05, 0) is 64.7 Å². The molecule has 2 fully saturated rings. The minimum Gasteiger partial charge on any atom is -0.480 e. The fraction of sp³-hybridized carbons (Fsp3) is 0.765. The molecule has 18 heteroatoms. The molecule has 0 unspecified atom stereocenters. The summed E-state index contributed by atoms with van der Waals surface area (Å²) in [6, 6.07) is -7.29. The molecule has 0 aromatic heterocycles. The van der Waals surface area contributed by atoms with Gasteiger partial charge < -0.3 is 52.3 Å². The molecule has 0 bridgehead atoms.